The van der Waals surface area contributed by atoms with Crippen molar-refractivity contribution >= 4 is 74.7 Å². The van der Waals surface area contributed by atoms with Gasteiger partial charge in [-0.25, -0.2) is 0 Å². The minimum Gasteiger partial charge on any atom is -0.505 e. The van der Waals surface area contributed by atoms with Crippen molar-refractivity contribution in [2.45, 2.75) is 35.0 Å². The maximum absolute atomic E-state index is 12.1. The number of carbonyl (C=O) groups is 1. The van der Waals surface area contributed by atoms with Gasteiger partial charge in [0.1, 0.15) is 21.2 Å². The number of fused-ring (bicyclic) bond motifs is 2. The van der Waals surface area contributed by atoms with Crippen molar-refractivity contribution in [2.75, 3.05) is 5.73 Å². The average Bonchev–Trinajstić information content (AvgIpc) is 2.89. The van der Waals surface area contributed by atoms with Gasteiger partial charge in [0.25, 0.3) is 30.4 Å². The molecule has 0 aliphatic carbocycles. The van der Waals surface area contributed by atoms with E-state index in [9.17, 15) is 48.8 Å². The maximum atomic E-state index is 12.1. The molecule has 0 heterocycles. The number of hydrogen-bond acceptors (Lipinski definition) is 11. The van der Waals surface area contributed by atoms with Crippen molar-refractivity contribution in [1.29, 1.82) is 0 Å². The molecule has 0 aromatic heterocycles. The second kappa shape index (κ2) is 12.2. The summed E-state index contributed by atoms with van der Waals surface area (Å²) in [5, 5.41) is 18.0. The molecule has 0 atom stereocenters. The number of azo groups is 1. The Morgan fingerprint density at radius 3 is 2.00 bits per heavy atom. The summed E-state index contributed by atoms with van der Waals surface area (Å²) in [6.07, 6.45) is 0.579. The summed E-state index contributed by atoms with van der Waals surface area (Å²) in [6, 6.07) is 11.1. The number of Topliss-reactive ketones (excluding diaryl/α,β-unsaturated/α-hetero) is 1. The number of rotatable bonds is 7. The van der Waals surface area contributed by atoms with Gasteiger partial charge in [-0.2, -0.15) is 25.3 Å². The topological polar surface area (TPSA) is 251 Å². The van der Waals surface area contributed by atoms with Crippen molar-refractivity contribution in [3.05, 3.63) is 66.7 Å². The van der Waals surface area contributed by atoms with Crippen molar-refractivity contribution in [3.8, 4) is 5.75 Å². The number of phenols is 1. The van der Waals surface area contributed by atoms with Gasteiger partial charge in [-0.3, -0.25) is 18.5 Å². The molecule has 17 heteroatoms. The first kappa shape index (κ1) is 33.2. The molecule has 0 amide bonds. The molecule has 0 fully saturated rings. The highest BCUT2D eigenvalue weighted by Crippen LogP contribution is 2.45. The molecular formula is C26H25N3O11S3. The van der Waals surface area contributed by atoms with E-state index in [4.69, 9.17) is 5.73 Å². The second-order valence-electron chi connectivity index (χ2n) is 9.00. The van der Waals surface area contributed by atoms with Gasteiger partial charge in [-0.05, 0) is 47.5 Å². The minimum absolute atomic E-state index is 0.0798. The number of carbonyl (C=O) groups excluding carboxylic acids is 1. The molecule has 0 saturated carbocycles. The van der Waals surface area contributed by atoms with Gasteiger partial charge in [0, 0.05) is 22.9 Å². The fourth-order valence-corrected chi connectivity index (χ4v) is 5.97. The predicted molar refractivity (Wildman–Crippen MR) is 158 cm³/mol. The van der Waals surface area contributed by atoms with Crippen LogP contribution in [0.2, 0.25) is 0 Å². The Balaban J connectivity index is 0.000000646. The fraction of sp³-hybridized carbons (Fsp3) is 0.115. The van der Waals surface area contributed by atoms with Gasteiger partial charge in [0.05, 0.1) is 4.90 Å². The molecule has 0 unspecified atom stereocenters. The summed E-state index contributed by atoms with van der Waals surface area (Å²) in [7, 11) is -14.7. The summed E-state index contributed by atoms with van der Waals surface area (Å²) < 4.78 is 100.0. The van der Waals surface area contributed by atoms with Crippen LogP contribution in [0.5, 0.6) is 5.75 Å². The molecule has 228 valence electrons. The molecular weight excluding hydrogens is 626 g/mol. The van der Waals surface area contributed by atoms with Crippen LogP contribution < -0.4 is 5.73 Å². The van der Waals surface area contributed by atoms with Crippen LogP contribution in [0.1, 0.15) is 20.3 Å². The first-order valence-corrected chi connectivity index (χ1v) is 16.2. The van der Waals surface area contributed by atoms with E-state index >= 15 is 0 Å². The predicted octanol–water partition coefficient (Wildman–Crippen LogP) is 4.98. The molecule has 6 N–H and O–H groups in total. The highest BCUT2D eigenvalue weighted by Gasteiger charge is 2.25. The van der Waals surface area contributed by atoms with Crippen LogP contribution in [0, 0.1) is 0 Å². The monoisotopic (exact) mass is 651 g/mol. The van der Waals surface area contributed by atoms with Crippen LogP contribution in [0.15, 0.2) is 91.7 Å². The van der Waals surface area contributed by atoms with Gasteiger partial charge in [0.15, 0.2) is 11.5 Å². The van der Waals surface area contributed by atoms with E-state index in [1.807, 2.05) is 6.92 Å². The normalized spacial score (nSPS) is 12.3. The Hall–Kier alpha value is -4.26. The van der Waals surface area contributed by atoms with Crippen LogP contribution in [0.4, 0.5) is 17.1 Å². The third-order valence-corrected chi connectivity index (χ3v) is 8.54. The molecule has 4 aromatic rings. The molecule has 0 aliphatic heterocycles. The first-order chi connectivity index (χ1) is 19.8. The van der Waals surface area contributed by atoms with Crippen molar-refractivity contribution < 1.29 is 48.8 Å². The third-order valence-electron chi connectivity index (χ3n) is 5.90. The lowest BCUT2D eigenvalue weighted by molar-refractivity contribution is -0.115. The molecule has 0 saturated heterocycles. The number of allylic oxidation sites excluding steroid dienone is 1. The van der Waals surface area contributed by atoms with E-state index in [2.05, 4.69) is 16.8 Å². The van der Waals surface area contributed by atoms with Gasteiger partial charge in [0.2, 0.25) is 0 Å². The van der Waals surface area contributed by atoms with Crippen LogP contribution >= 0.6 is 0 Å². The molecule has 43 heavy (non-hydrogen) atoms. The number of phenolic OH excluding ortho intramolecular Hbond substituents is 1. The summed E-state index contributed by atoms with van der Waals surface area (Å²) in [5.41, 5.74) is 4.77. The van der Waals surface area contributed by atoms with Crippen LogP contribution in [0.25, 0.3) is 21.5 Å². The number of ketones is 1. The lowest BCUT2D eigenvalue weighted by atomic mass is 10.1. The Bertz CT molecular complexity index is 2160. The first-order valence-electron chi connectivity index (χ1n) is 11.9. The fourth-order valence-electron chi connectivity index (χ4n) is 3.92. The Kier molecular flexibility index (Phi) is 9.40. The number of nitrogens with two attached hydrogens (primary N) is 1. The van der Waals surface area contributed by atoms with Crippen LogP contribution in [-0.2, 0) is 35.1 Å². The summed E-state index contributed by atoms with van der Waals surface area (Å²) in [6.45, 7) is 7.03. The van der Waals surface area contributed by atoms with Crippen molar-refractivity contribution in [1.82, 2.24) is 0 Å². The lowest BCUT2D eigenvalue weighted by Gasteiger charge is -2.12. The molecule has 0 aliphatic rings. The zero-order chi connectivity index (χ0) is 32.5. The molecule has 4 rings (SSSR count). The Morgan fingerprint density at radius 2 is 1.49 bits per heavy atom. The molecule has 0 spiro atoms. The van der Waals surface area contributed by atoms with Gasteiger partial charge >= 0.3 is 0 Å². The van der Waals surface area contributed by atoms with Crippen LogP contribution in [-0.4, -0.2) is 49.8 Å². The number of nitrogen functional groups attached to an aromatic ring is 1. The number of anilines is 1. The Labute approximate surface area is 246 Å². The van der Waals surface area contributed by atoms with E-state index in [0.29, 0.717) is 17.4 Å². The van der Waals surface area contributed by atoms with Crippen molar-refractivity contribution in [2.24, 2.45) is 10.2 Å². The molecule has 14 nitrogen and oxygen atoms in total. The minimum atomic E-state index is -5.12. The number of hydrogen-bond donors (Lipinski definition) is 5. The summed E-state index contributed by atoms with van der Waals surface area (Å²) in [4.78, 5) is 8.03. The number of benzene rings is 4. The standard InChI is InChI=1S/C20H15N3O10S3.C6H10O/c21-14-9-12(34(25,26)27)7-11-8-16(35(28,29)30)18(19(24)17(11)14)23-22-15-6-5-10-3-1-2-4-13(10)20(15)36(31,32)33;1-4-6(7)5(2)3/h1-9,24H,21H2,(H,25,26,27)(H,28,29,30)(H,31,32,33);2,4H2,1,3H3. The van der Waals surface area contributed by atoms with Crippen molar-refractivity contribution in [3.63, 3.8) is 0 Å². The largest absolute Gasteiger partial charge is 0.505 e. The number of nitrogens with zero attached hydrogens (tertiary/aromatic N) is 2. The van der Waals surface area contributed by atoms with Crippen LogP contribution in [0.3, 0.4) is 0 Å². The maximum Gasteiger partial charge on any atom is 0.297 e. The van der Waals surface area contributed by atoms with Gasteiger partial charge in [-0.1, -0.05) is 43.8 Å². The highest BCUT2D eigenvalue weighted by atomic mass is 32.2. The molecule has 0 bridgehead atoms. The van der Waals surface area contributed by atoms with E-state index in [0.717, 1.165) is 18.2 Å². The smallest absolute Gasteiger partial charge is 0.297 e. The highest BCUT2D eigenvalue weighted by molar-refractivity contribution is 7.86. The van der Waals surface area contributed by atoms with E-state index < -0.39 is 67.9 Å². The zero-order valence-corrected chi connectivity index (χ0v) is 24.9. The molecule has 4 aromatic carbocycles. The Morgan fingerprint density at radius 1 is 0.860 bits per heavy atom. The average molecular weight is 652 g/mol. The molecule has 0 radical (unpaired) electrons. The van der Waals surface area contributed by atoms with E-state index in [-0.39, 0.29) is 21.9 Å². The summed E-state index contributed by atoms with van der Waals surface area (Å²) in [5.74, 6) is -0.794. The third kappa shape index (κ3) is 7.39. The zero-order valence-electron chi connectivity index (χ0n) is 22.5. The number of aromatic hydroxyl groups is 1. The SMILES string of the molecule is C=C(C)C(=O)CC.Nc1cc(S(=O)(=O)O)cc2cc(S(=O)(=O)O)c(N=Nc3ccc4ccccc4c3S(=O)(=O)O)c(O)c12. The van der Waals surface area contributed by atoms with E-state index in [1.54, 1.807) is 19.1 Å². The van der Waals surface area contributed by atoms with Gasteiger partial charge < -0.3 is 10.8 Å². The van der Waals surface area contributed by atoms with Gasteiger partial charge in [-0.15, -0.1) is 10.2 Å². The quantitative estimate of drug-likeness (QED) is 0.0768. The second-order valence-corrected chi connectivity index (χ2v) is 13.2. The van der Waals surface area contributed by atoms with E-state index in [1.165, 1.54) is 24.3 Å². The lowest BCUT2D eigenvalue weighted by Crippen LogP contribution is -2.03. The summed E-state index contributed by atoms with van der Waals surface area (Å²) >= 11 is 0.